The van der Waals surface area contributed by atoms with Crippen molar-refractivity contribution in [2.45, 2.75) is 0 Å². The van der Waals surface area contributed by atoms with Crippen LogP contribution in [0.15, 0.2) is 22.7 Å². The molecule has 0 aliphatic carbocycles. The van der Waals surface area contributed by atoms with Gasteiger partial charge in [0.25, 0.3) is 0 Å². The van der Waals surface area contributed by atoms with E-state index < -0.39 is 0 Å². The summed E-state index contributed by atoms with van der Waals surface area (Å²) in [6, 6.07) is 5.52. The van der Waals surface area contributed by atoms with Gasteiger partial charge in [0, 0.05) is 11.6 Å². The van der Waals surface area contributed by atoms with Gasteiger partial charge in [-0.3, -0.25) is 0 Å². The first-order chi connectivity index (χ1) is 6.24. The lowest BCUT2D eigenvalue weighted by atomic mass is 10.3. The second kappa shape index (κ2) is 5.09. The maximum absolute atomic E-state index is 5.71. The SMILES string of the molecule is COCCOc1ccc(Br)cc1N. The monoisotopic (exact) mass is 245 g/mol. The van der Waals surface area contributed by atoms with Crippen molar-refractivity contribution in [3.05, 3.63) is 22.7 Å². The second-order valence-electron chi connectivity index (χ2n) is 2.52. The van der Waals surface area contributed by atoms with Crippen LogP contribution in [0.1, 0.15) is 0 Å². The van der Waals surface area contributed by atoms with E-state index in [0.717, 1.165) is 4.47 Å². The van der Waals surface area contributed by atoms with Gasteiger partial charge in [-0.25, -0.2) is 0 Å². The molecule has 13 heavy (non-hydrogen) atoms. The molecule has 1 aromatic rings. The van der Waals surface area contributed by atoms with E-state index in [1.54, 1.807) is 7.11 Å². The quantitative estimate of drug-likeness (QED) is 0.653. The number of halogens is 1. The molecule has 1 aromatic carbocycles. The third-order valence-corrected chi connectivity index (χ3v) is 2.01. The van der Waals surface area contributed by atoms with Crippen molar-refractivity contribution in [2.24, 2.45) is 0 Å². The van der Waals surface area contributed by atoms with E-state index in [2.05, 4.69) is 15.9 Å². The Kier molecular flexibility index (Phi) is 4.05. The molecule has 2 N–H and O–H groups in total. The van der Waals surface area contributed by atoms with Gasteiger partial charge in [-0.15, -0.1) is 0 Å². The van der Waals surface area contributed by atoms with Crippen LogP contribution in [-0.2, 0) is 4.74 Å². The van der Waals surface area contributed by atoms with Crippen molar-refractivity contribution in [1.29, 1.82) is 0 Å². The Morgan fingerprint density at radius 2 is 2.15 bits per heavy atom. The van der Waals surface area contributed by atoms with Crippen LogP contribution in [-0.4, -0.2) is 20.3 Å². The number of methoxy groups -OCH3 is 1. The lowest BCUT2D eigenvalue weighted by Gasteiger charge is -2.07. The highest BCUT2D eigenvalue weighted by molar-refractivity contribution is 9.10. The van der Waals surface area contributed by atoms with Crippen molar-refractivity contribution >= 4 is 21.6 Å². The summed E-state index contributed by atoms with van der Waals surface area (Å²) >= 11 is 3.32. The number of nitrogen functional groups attached to an aromatic ring is 1. The van der Waals surface area contributed by atoms with Gasteiger partial charge in [0.2, 0.25) is 0 Å². The first-order valence-corrected chi connectivity index (χ1v) is 4.70. The highest BCUT2D eigenvalue weighted by atomic mass is 79.9. The van der Waals surface area contributed by atoms with Crippen LogP contribution >= 0.6 is 15.9 Å². The zero-order valence-electron chi connectivity index (χ0n) is 7.42. The molecule has 72 valence electrons. The van der Waals surface area contributed by atoms with Gasteiger partial charge in [-0.1, -0.05) is 15.9 Å². The summed E-state index contributed by atoms with van der Waals surface area (Å²) in [5, 5.41) is 0. The van der Waals surface area contributed by atoms with E-state index in [9.17, 15) is 0 Å². The number of benzene rings is 1. The molecule has 0 aliphatic rings. The normalized spacial score (nSPS) is 10.0. The van der Waals surface area contributed by atoms with E-state index in [1.165, 1.54) is 0 Å². The molecule has 0 amide bonds. The first kappa shape index (κ1) is 10.3. The van der Waals surface area contributed by atoms with Crippen molar-refractivity contribution in [3.63, 3.8) is 0 Å². The van der Waals surface area contributed by atoms with Crippen LogP contribution in [0, 0.1) is 0 Å². The van der Waals surface area contributed by atoms with Crippen LogP contribution in [0.2, 0.25) is 0 Å². The molecule has 1 rings (SSSR count). The number of ether oxygens (including phenoxy) is 2. The molecule has 0 saturated carbocycles. The van der Waals surface area contributed by atoms with Crippen molar-refractivity contribution in [1.82, 2.24) is 0 Å². The van der Waals surface area contributed by atoms with Gasteiger partial charge in [0.05, 0.1) is 12.3 Å². The molecule has 3 nitrogen and oxygen atoms in total. The summed E-state index contributed by atoms with van der Waals surface area (Å²) < 4.78 is 11.2. The lowest BCUT2D eigenvalue weighted by molar-refractivity contribution is 0.146. The standard InChI is InChI=1S/C9H12BrNO2/c1-12-4-5-13-9-3-2-7(10)6-8(9)11/h2-3,6H,4-5,11H2,1H3. The summed E-state index contributed by atoms with van der Waals surface area (Å²) in [5.74, 6) is 0.695. The second-order valence-corrected chi connectivity index (χ2v) is 3.44. The highest BCUT2D eigenvalue weighted by Gasteiger charge is 1.99. The highest BCUT2D eigenvalue weighted by Crippen LogP contribution is 2.24. The molecule has 0 spiro atoms. The fourth-order valence-electron chi connectivity index (χ4n) is 0.886. The van der Waals surface area contributed by atoms with E-state index in [0.29, 0.717) is 24.7 Å². The topological polar surface area (TPSA) is 44.5 Å². The van der Waals surface area contributed by atoms with Gasteiger partial charge in [0.1, 0.15) is 12.4 Å². The van der Waals surface area contributed by atoms with Crippen LogP contribution in [0.3, 0.4) is 0 Å². The molecule has 4 heteroatoms. The minimum atomic E-state index is 0.516. The van der Waals surface area contributed by atoms with E-state index in [-0.39, 0.29) is 0 Å². The van der Waals surface area contributed by atoms with Gasteiger partial charge in [-0.05, 0) is 18.2 Å². The number of nitrogens with two attached hydrogens (primary N) is 1. The summed E-state index contributed by atoms with van der Waals surface area (Å²) in [6.45, 7) is 1.08. The van der Waals surface area contributed by atoms with Crippen LogP contribution < -0.4 is 10.5 Å². The zero-order chi connectivity index (χ0) is 9.68. The maximum Gasteiger partial charge on any atom is 0.142 e. The Morgan fingerprint density at radius 3 is 2.77 bits per heavy atom. The predicted molar refractivity (Wildman–Crippen MR) is 55.9 cm³/mol. The third kappa shape index (κ3) is 3.24. The molecular formula is C9H12BrNO2. The maximum atomic E-state index is 5.71. The average Bonchev–Trinajstić information content (AvgIpc) is 2.09. The Labute approximate surface area is 86.0 Å². The fourth-order valence-corrected chi connectivity index (χ4v) is 1.26. The van der Waals surface area contributed by atoms with E-state index in [1.807, 2.05) is 18.2 Å². The fraction of sp³-hybridized carbons (Fsp3) is 0.333. The zero-order valence-corrected chi connectivity index (χ0v) is 9.00. The minimum absolute atomic E-state index is 0.516. The molecule has 0 unspecified atom stereocenters. The summed E-state index contributed by atoms with van der Waals surface area (Å²) in [4.78, 5) is 0. The van der Waals surface area contributed by atoms with Crippen LogP contribution in [0.5, 0.6) is 5.75 Å². The van der Waals surface area contributed by atoms with E-state index in [4.69, 9.17) is 15.2 Å². The number of anilines is 1. The summed E-state index contributed by atoms with van der Waals surface area (Å²) in [7, 11) is 1.63. The molecular weight excluding hydrogens is 234 g/mol. The molecule has 0 saturated heterocycles. The smallest absolute Gasteiger partial charge is 0.142 e. The molecule has 0 atom stereocenters. The molecule has 0 radical (unpaired) electrons. The Bertz CT molecular complexity index is 278. The largest absolute Gasteiger partial charge is 0.489 e. The molecule has 0 aromatic heterocycles. The lowest BCUT2D eigenvalue weighted by Crippen LogP contribution is -2.05. The predicted octanol–water partition coefficient (Wildman–Crippen LogP) is 2.06. The van der Waals surface area contributed by atoms with Gasteiger partial charge < -0.3 is 15.2 Å². The Balaban J connectivity index is 2.56. The molecule has 0 fully saturated rings. The Hall–Kier alpha value is -0.740. The minimum Gasteiger partial charge on any atom is -0.489 e. The van der Waals surface area contributed by atoms with Crippen molar-refractivity contribution < 1.29 is 9.47 Å². The molecule has 0 aliphatic heterocycles. The number of rotatable bonds is 4. The molecule has 0 heterocycles. The number of hydrogen-bond acceptors (Lipinski definition) is 3. The average molecular weight is 246 g/mol. The van der Waals surface area contributed by atoms with Crippen molar-refractivity contribution in [2.75, 3.05) is 26.1 Å². The first-order valence-electron chi connectivity index (χ1n) is 3.91. The van der Waals surface area contributed by atoms with Crippen LogP contribution in [0.25, 0.3) is 0 Å². The summed E-state index contributed by atoms with van der Waals surface area (Å²) in [6.07, 6.45) is 0. The van der Waals surface area contributed by atoms with Gasteiger partial charge in [0.15, 0.2) is 0 Å². The molecule has 0 bridgehead atoms. The van der Waals surface area contributed by atoms with Crippen molar-refractivity contribution in [3.8, 4) is 5.75 Å². The van der Waals surface area contributed by atoms with Gasteiger partial charge in [-0.2, -0.15) is 0 Å². The number of hydrogen-bond donors (Lipinski definition) is 1. The Morgan fingerprint density at radius 1 is 1.38 bits per heavy atom. The van der Waals surface area contributed by atoms with Gasteiger partial charge >= 0.3 is 0 Å². The van der Waals surface area contributed by atoms with Crippen LogP contribution in [0.4, 0.5) is 5.69 Å². The summed E-state index contributed by atoms with van der Waals surface area (Å²) in [5.41, 5.74) is 6.34. The van der Waals surface area contributed by atoms with E-state index >= 15 is 0 Å². The third-order valence-electron chi connectivity index (χ3n) is 1.52.